The second-order valence-electron chi connectivity index (χ2n) is 8.48. The molecule has 2 amide bonds. The third-order valence-corrected chi connectivity index (χ3v) is 4.86. The number of hydrogen-bond donors (Lipinski definition) is 1. The SMILES string of the molecule is [C-]#[N+]c1ccc(-c2ccnn2CC(=O)N2CCC[C@@H](NC(=O)OC(C)(C)C)C2)cc1F. The average molecular weight is 427 g/mol. The fraction of sp³-hybridized carbons (Fsp3) is 0.455. The Kier molecular flexibility index (Phi) is 6.59. The third kappa shape index (κ3) is 5.81. The molecule has 2 heterocycles. The van der Waals surface area contributed by atoms with Gasteiger partial charge in [0.05, 0.1) is 12.3 Å². The number of nitrogens with zero attached hydrogens (tertiary/aromatic N) is 4. The van der Waals surface area contributed by atoms with Crippen molar-refractivity contribution in [2.75, 3.05) is 13.1 Å². The van der Waals surface area contributed by atoms with Crippen LogP contribution in [0.4, 0.5) is 14.9 Å². The van der Waals surface area contributed by atoms with E-state index in [4.69, 9.17) is 11.3 Å². The van der Waals surface area contributed by atoms with Crippen LogP contribution in [0.1, 0.15) is 33.6 Å². The van der Waals surface area contributed by atoms with Crippen molar-refractivity contribution in [3.05, 3.63) is 47.7 Å². The van der Waals surface area contributed by atoms with E-state index < -0.39 is 17.5 Å². The van der Waals surface area contributed by atoms with Gasteiger partial charge < -0.3 is 15.0 Å². The van der Waals surface area contributed by atoms with Crippen molar-refractivity contribution >= 4 is 17.7 Å². The fourth-order valence-corrected chi connectivity index (χ4v) is 3.48. The largest absolute Gasteiger partial charge is 0.444 e. The summed E-state index contributed by atoms with van der Waals surface area (Å²) in [6.07, 6.45) is 2.59. The summed E-state index contributed by atoms with van der Waals surface area (Å²) >= 11 is 0. The van der Waals surface area contributed by atoms with E-state index in [9.17, 15) is 14.0 Å². The number of nitrogens with one attached hydrogen (secondary N) is 1. The van der Waals surface area contributed by atoms with Crippen LogP contribution in [0.2, 0.25) is 0 Å². The molecule has 1 aliphatic rings. The zero-order valence-corrected chi connectivity index (χ0v) is 17.9. The first-order valence-electron chi connectivity index (χ1n) is 10.1. The minimum Gasteiger partial charge on any atom is -0.444 e. The van der Waals surface area contributed by atoms with E-state index in [0.717, 1.165) is 12.8 Å². The normalized spacial score (nSPS) is 16.5. The second-order valence-corrected chi connectivity index (χ2v) is 8.48. The standard InChI is InChI=1S/C22H26FN5O3/c1-22(2,3)31-21(30)26-16-6-5-11-27(13-16)20(29)14-28-19(9-10-25-28)15-7-8-18(24-4)17(23)12-15/h7-10,12,16H,5-6,11,13-14H2,1-3H3,(H,26,30)/t16-/m1/s1. The first-order chi connectivity index (χ1) is 14.7. The Morgan fingerprint density at radius 3 is 2.81 bits per heavy atom. The Morgan fingerprint density at radius 1 is 1.35 bits per heavy atom. The molecule has 8 nitrogen and oxygen atoms in total. The number of aromatic nitrogens is 2. The van der Waals surface area contributed by atoms with Gasteiger partial charge in [0.1, 0.15) is 18.0 Å². The summed E-state index contributed by atoms with van der Waals surface area (Å²) in [5.41, 5.74) is 0.488. The molecular weight excluding hydrogens is 401 g/mol. The summed E-state index contributed by atoms with van der Waals surface area (Å²) in [5, 5.41) is 7.03. The van der Waals surface area contributed by atoms with Gasteiger partial charge in [-0.05, 0) is 45.7 Å². The number of alkyl carbamates (subject to hydrolysis) is 1. The Labute approximate surface area is 180 Å². The predicted octanol–water partition coefficient (Wildman–Crippen LogP) is 3.76. The number of benzene rings is 1. The highest BCUT2D eigenvalue weighted by molar-refractivity contribution is 5.77. The minimum atomic E-state index is -0.612. The molecule has 0 bridgehead atoms. The minimum absolute atomic E-state index is 0.00627. The van der Waals surface area contributed by atoms with E-state index in [-0.39, 0.29) is 24.2 Å². The number of piperidine rings is 1. The molecule has 1 N–H and O–H groups in total. The molecule has 0 radical (unpaired) electrons. The van der Waals surface area contributed by atoms with E-state index in [0.29, 0.717) is 24.3 Å². The molecule has 3 rings (SSSR count). The average Bonchev–Trinajstić information content (AvgIpc) is 3.14. The summed E-state index contributed by atoms with van der Waals surface area (Å²) in [6.45, 7) is 13.3. The molecule has 0 aliphatic carbocycles. The van der Waals surface area contributed by atoms with Gasteiger partial charge in [0.15, 0.2) is 0 Å². The van der Waals surface area contributed by atoms with Gasteiger partial charge in [-0.3, -0.25) is 9.48 Å². The van der Waals surface area contributed by atoms with Crippen molar-refractivity contribution < 1.29 is 18.7 Å². The molecule has 31 heavy (non-hydrogen) atoms. The first-order valence-corrected chi connectivity index (χ1v) is 10.1. The van der Waals surface area contributed by atoms with E-state index >= 15 is 0 Å². The van der Waals surface area contributed by atoms with Gasteiger partial charge in [0.25, 0.3) is 0 Å². The molecule has 1 saturated heterocycles. The van der Waals surface area contributed by atoms with E-state index in [2.05, 4.69) is 15.3 Å². The molecule has 0 unspecified atom stereocenters. The highest BCUT2D eigenvalue weighted by Crippen LogP contribution is 2.26. The highest BCUT2D eigenvalue weighted by Gasteiger charge is 2.27. The maximum atomic E-state index is 14.0. The van der Waals surface area contributed by atoms with Crippen molar-refractivity contribution in [2.24, 2.45) is 0 Å². The van der Waals surface area contributed by atoms with Crippen LogP contribution in [0.5, 0.6) is 0 Å². The maximum absolute atomic E-state index is 14.0. The first kappa shape index (κ1) is 22.3. The highest BCUT2D eigenvalue weighted by atomic mass is 19.1. The lowest BCUT2D eigenvalue weighted by molar-refractivity contribution is -0.133. The Bertz CT molecular complexity index is 1010. The molecule has 9 heteroatoms. The van der Waals surface area contributed by atoms with Crippen molar-refractivity contribution in [2.45, 2.75) is 51.8 Å². The van der Waals surface area contributed by atoms with Crippen molar-refractivity contribution in [1.82, 2.24) is 20.0 Å². The van der Waals surface area contributed by atoms with Crippen LogP contribution in [-0.4, -0.2) is 51.4 Å². The molecule has 1 aliphatic heterocycles. The predicted molar refractivity (Wildman–Crippen MR) is 113 cm³/mol. The quantitative estimate of drug-likeness (QED) is 0.754. The summed E-state index contributed by atoms with van der Waals surface area (Å²) in [6, 6.07) is 5.83. The van der Waals surface area contributed by atoms with Gasteiger partial charge in [-0.25, -0.2) is 14.0 Å². The summed E-state index contributed by atoms with van der Waals surface area (Å²) in [5.74, 6) is -0.752. The molecule has 2 aromatic rings. The van der Waals surface area contributed by atoms with Gasteiger partial charge in [-0.15, -0.1) is 0 Å². The van der Waals surface area contributed by atoms with Crippen LogP contribution in [0.3, 0.4) is 0 Å². The number of halogens is 1. The lowest BCUT2D eigenvalue weighted by Gasteiger charge is -2.33. The van der Waals surface area contributed by atoms with Gasteiger partial charge in [0.2, 0.25) is 11.6 Å². The monoisotopic (exact) mass is 427 g/mol. The fourth-order valence-electron chi connectivity index (χ4n) is 3.48. The topological polar surface area (TPSA) is 80.8 Å². The molecule has 1 aromatic heterocycles. The smallest absolute Gasteiger partial charge is 0.407 e. The number of likely N-dealkylation sites (tertiary alicyclic amines) is 1. The Morgan fingerprint density at radius 2 is 2.13 bits per heavy atom. The van der Waals surface area contributed by atoms with E-state index in [1.807, 2.05) is 0 Å². The lowest BCUT2D eigenvalue weighted by Crippen LogP contribution is -2.51. The van der Waals surface area contributed by atoms with Crippen molar-refractivity contribution in [3.63, 3.8) is 0 Å². The number of carbonyl (C=O) groups excluding carboxylic acids is 2. The number of amides is 2. The number of carbonyl (C=O) groups is 2. The summed E-state index contributed by atoms with van der Waals surface area (Å²) in [4.78, 5) is 29.7. The van der Waals surface area contributed by atoms with Gasteiger partial charge in [0, 0.05) is 30.9 Å². The molecule has 1 atom stereocenters. The molecule has 164 valence electrons. The molecule has 0 saturated carbocycles. The zero-order chi connectivity index (χ0) is 22.6. The van der Waals surface area contributed by atoms with Gasteiger partial charge in [-0.2, -0.15) is 5.10 Å². The van der Waals surface area contributed by atoms with Crippen LogP contribution in [-0.2, 0) is 16.1 Å². The van der Waals surface area contributed by atoms with E-state index in [1.54, 1.807) is 44.0 Å². The molecule has 1 fully saturated rings. The van der Waals surface area contributed by atoms with Crippen LogP contribution >= 0.6 is 0 Å². The number of ether oxygens (including phenoxy) is 1. The van der Waals surface area contributed by atoms with Crippen LogP contribution < -0.4 is 5.32 Å². The maximum Gasteiger partial charge on any atom is 0.407 e. The van der Waals surface area contributed by atoms with Crippen molar-refractivity contribution in [3.8, 4) is 11.3 Å². The second kappa shape index (κ2) is 9.16. The summed E-state index contributed by atoms with van der Waals surface area (Å²) < 4.78 is 20.8. The van der Waals surface area contributed by atoms with Crippen LogP contribution in [0.15, 0.2) is 30.5 Å². The van der Waals surface area contributed by atoms with E-state index in [1.165, 1.54) is 16.8 Å². The zero-order valence-electron chi connectivity index (χ0n) is 17.9. The summed E-state index contributed by atoms with van der Waals surface area (Å²) in [7, 11) is 0. The number of rotatable bonds is 4. The van der Waals surface area contributed by atoms with Crippen LogP contribution in [0.25, 0.3) is 16.1 Å². The van der Waals surface area contributed by atoms with Gasteiger partial charge in [-0.1, -0.05) is 12.1 Å². The molecular formula is C22H26FN5O3. The third-order valence-electron chi connectivity index (χ3n) is 4.86. The molecule has 0 spiro atoms. The Hall–Kier alpha value is -3.41. The van der Waals surface area contributed by atoms with Crippen LogP contribution in [0, 0.1) is 12.4 Å². The molecule has 1 aromatic carbocycles. The van der Waals surface area contributed by atoms with Crippen molar-refractivity contribution in [1.29, 1.82) is 0 Å². The van der Waals surface area contributed by atoms with Gasteiger partial charge >= 0.3 is 6.09 Å². The number of hydrogen-bond acceptors (Lipinski definition) is 4. The lowest BCUT2D eigenvalue weighted by atomic mass is 10.1. The Balaban J connectivity index is 1.65.